The van der Waals surface area contributed by atoms with Gasteiger partial charge >= 0.3 is 5.97 Å². The number of esters is 1. The lowest BCUT2D eigenvalue weighted by Gasteiger charge is -2.37. The Morgan fingerprint density at radius 1 is 0.792 bits per heavy atom. The molecule has 0 unspecified atom stereocenters. The summed E-state index contributed by atoms with van der Waals surface area (Å²) < 4.78 is 5.53. The van der Waals surface area contributed by atoms with Crippen molar-refractivity contribution in [3.8, 4) is 0 Å². The second kappa shape index (κ2) is 11.2. The molecule has 0 atom stereocenters. The molecule has 2 saturated carbocycles. The first-order valence-corrected chi connectivity index (χ1v) is 10.9. The lowest BCUT2D eigenvalue weighted by atomic mass is 9.70. The fourth-order valence-electron chi connectivity index (χ4n) is 4.93. The van der Waals surface area contributed by atoms with Gasteiger partial charge in [-0.1, -0.05) is 65.2 Å². The molecule has 0 radical (unpaired) electrons. The van der Waals surface area contributed by atoms with Crippen molar-refractivity contribution in [3.63, 3.8) is 0 Å². The molecule has 24 heavy (non-hydrogen) atoms. The number of carbonyl (C=O) groups excluding carboxylic acids is 1. The number of ether oxygens (including phenoxy) is 1. The van der Waals surface area contributed by atoms with E-state index in [4.69, 9.17) is 4.74 Å². The monoisotopic (exact) mass is 336 g/mol. The lowest BCUT2D eigenvalue weighted by molar-refractivity contribution is -0.150. The van der Waals surface area contributed by atoms with Crippen molar-refractivity contribution in [2.45, 2.75) is 116 Å². The topological polar surface area (TPSA) is 26.3 Å². The molecule has 0 N–H and O–H groups in total. The van der Waals surface area contributed by atoms with E-state index in [0.29, 0.717) is 6.42 Å². The first-order valence-electron chi connectivity index (χ1n) is 10.9. The van der Waals surface area contributed by atoms with E-state index in [-0.39, 0.29) is 12.1 Å². The third kappa shape index (κ3) is 6.76. The Morgan fingerprint density at radius 3 is 1.96 bits per heavy atom. The Kier molecular flexibility index (Phi) is 9.20. The predicted molar refractivity (Wildman–Crippen MR) is 101 cm³/mol. The number of carbonyl (C=O) groups is 1. The number of rotatable bonds is 9. The zero-order chi connectivity index (χ0) is 17.2. The Balaban J connectivity index is 1.57. The molecular weight excluding hydrogens is 296 g/mol. The van der Waals surface area contributed by atoms with E-state index in [2.05, 4.69) is 6.92 Å². The minimum absolute atomic E-state index is 0.0158. The van der Waals surface area contributed by atoms with Gasteiger partial charge in [0.05, 0.1) is 0 Å². The maximum absolute atomic E-state index is 11.4. The van der Waals surface area contributed by atoms with Gasteiger partial charge in [0.2, 0.25) is 0 Å². The van der Waals surface area contributed by atoms with Crippen LogP contribution in [0, 0.1) is 17.8 Å². The van der Waals surface area contributed by atoms with Crippen LogP contribution in [-0.2, 0) is 9.53 Å². The molecule has 2 aliphatic rings. The molecule has 0 saturated heterocycles. The third-order valence-electron chi connectivity index (χ3n) is 6.58. The Bertz CT molecular complexity index is 336. The molecule has 2 aliphatic carbocycles. The van der Waals surface area contributed by atoms with Crippen molar-refractivity contribution < 1.29 is 9.53 Å². The molecule has 2 fully saturated rings. The Labute approximate surface area is 150 Å². The van der Waals surface area contributed by atoms with Crippen molar-refractivity contribution in [2.75, 3.05) is 0 Å². The van der Waals surface area contributed by atoms with Crippen LogP contribution in [0.2, 0.25) is 0 Å². The minimum Gasteiger partial charge on any atom is -0.462 e. The van der Waals surface area contributed by atoms with Crippen LogP contribution in [0.15, 0.2) is 0 Å². The number of unbranched alkanes of at least 4 members (excludes halogenated alkanes) is 4. The van der Waals surface area contributed by atoms with Gasteiger partial charge < -0.3 is 4.74 Å². The van der Waals surface area contributed by atoms with Crippen molar-refractivity contribution in [1.29, 1.82) is 0 Å². The maximum Gasteiger partial charge on any atom is 0.305 e. The summed E-state index contributed by atoms with van der Waals surface area (Å²) in [4.78, 5) is 11.4. The summed E-state index contributed by atoms with van der Waals surface area (Å²) in [5.41, 5.74) is 0. The molecule has 140 valence electrons. The highest BCUT2D eigenvalue weighted by Crippen LogP contribution is 2.41. The van der Waals surface area contributed by atoms with Crippen LogP contribution in [0.5, 0.6) is 0 Å². The summed E-state index contributed by atoms with van der Waals surface area (Å²) in [6.07, 6.45) is 20.0. The van der Waals surface area contributed by atoms with Gasteiger partial charge in [0.25, 0.3) is 0 Å². The van der Waals surface area contributed by atoms with E-state index in [1.54, 1.807) is 0 Å². The molecule has 0 aromatic heterocycles. The summed E-state index contributed by atoms with van der Waals surface area (Å²) in [6, 6.07) is 0. The second-order valence-electron chi connectivity index (χ2n) is 8.36. The van der Waals surface area contributed by atoms with Crippen LogP contribution in [0.25, 0.3) is 0 Å². The fraction of sp³-hybridized carbons (Fsp3) is 0.955. The first-order chi connectivity index (χ1) is 11.7. The highest BCUT2D eigenvalue weighted by molar-refractivity contribution is 5.69. The predicted octanol–water partition coefficient (Wildman–Crippen LogP) is 6.67. The van der Waals surface area contributed by atoms with Gasteiger partial charge in [-0.15, -0.1) is 0 Å². The molecular formula is C22H40O2. The number of hydrogen-bond acceptors (Lipinski definition) is 2. The average molecular weight is 337 g/mol. The van der Waals surface area contributed by atoms with Crippen molar-refractivity contribution in [3.05, 3.63) is 0 Å². The molecule has 0 aliphatic heterocycles. The van der Waals surface area contributed by atoms with Crippen molar-refractivity contribution in [2.24, 2.45) is 17.8 Å². The van der Waals surface area contributed by atoms with Crippen LogP contribution in [0.3, 0.4) is 0 Å². The second-order valence-corrected chi connectivity index (χ2v) is 8.36. The van der Waals surface area contributed by atoms with Gasteiger partial charge in [-0.2, -0.15) is 0 Å². The highest BCUT2D eigenvalue weighted by Gasteiger charge is 2.31. The fourth-order valence-corrected chi connectivity index (χ4v) is 4.93. The van der Waals surface area contributed by atoms with Crippen molar-refractivity contribution >= 4 is 5.97 Å². The van der Waals surface area contributed by atoms with Crippen LogP contribution in [0.4, 0.5) is 0 Å². The van der Waals surface area contributed by atoms with Crippen LogP contribution >= 0.6 is 0 Å². The average Bonchev–Trinajstić information content (AvgIpc) is 2.63. The molecule has 2 nitrogen and oxygen atoms in total. The summed E-state index contributed by atoms with van der Waals surface area (Å²) >= 11 is 0. The number of hydrogen-bond donors (Lipinski definition) is 0. The van der Waals surface area contributed by atoms with Gasteiger partial charge in [0.15, 0.2) is 0 Å². The smallest absolute Gasteiger partial charge is 0.305 e. The molecule has 0 spiro atoms. The molecule has 2 rings (SSSR count). The SMILES string of the molecule is CCCCCCC[C@H]1CC[C@H]([C@H]2CC[C@H](OC(=O)CC)CC2)CC1. The maximum atomic E-state index is 11.4. The van der Waals surface area contributed by atoms with E-state index in [0.717, 1.165) is 30.6 Å². The molecule has 0 amide bonds. The standard InChI is InChI=1S/C22H40O2/c1-3-5-6-7-8-9-18-10-12-19(13-11-18)20-14-16-21(17-15-20)24-22(23)4-2/h18-21H,3-17H2,1-2H3/t18-,19-,20-,21-. The van der Waals surface area contributed by atoms with Crippen LogP contribution in [-0.4, -0.2) is 12.1 Å². The van der Waals surface area contributed by atoms with Gasteiger partial charge in [-0.3, -0.25) is 4.79 Å². The van der Waals surface area contributed by atoms with E-state index >= 15 is 0 Å². The van der Waals surface area contributed by atoms with Gasteiger partial charge in [0.1, 0.15) is 6.10 Å². The Hall–Kier alpha value is -0.530. The summed E-state index contributed by atoms with van der Waals surface area (Å²) in [5.74, 6) is 2.87. The highest BCUT2D eigenvalue weighted by atomic mass is 16.5. The zero-order valence-corrected chi connectivity index (χ0v) is 16.2. The lowest BCUT2D eigenvalue weighted by Crippen LogP contribution is -2.29. The molecule has 0 bridgehead atoms. The van der Waals surface area contributed by atoms with Crippen molar-refractivity contribution in [1.82, 2.24) is 0 Å². The summed E-state index contributed by atoms with van der Waals surface area (Å²) in [5, 5.41) is 0. The molecule has 0 aromatic rings. The third-order valence-corrected chi connectivity index (χ3v) is 6.58. The van der Waals surface area contributed by atoms with Gasteiger partial charge in [-0.05, 0) is 56.3 Å². The molecule has 0 heterocycles. The van der Waals surface area contributed by atoms with E-state index in [1.165, 1.54) is 77.0 Å². The normalized spacial score (nSPS) is 30.9. The largest absolute Gasteiger partial charge is 0.462 e. The summed E-state index contributed by atoms with van der Waals surface area (Å²) in [7, 11) is 0. The van der Waals surface area contributed by atoms with Gasteiger partial charge in [-0.25, -0.2) is 0 Å². The Morgan fingerprint density at radius 2 is 1.38 bits per heavy atom. The molecule has 2 heteroatoms. The van der Waals surface area contributed by atoms with E-state index < -0.39 is 0 Å². The minimum atomic E-state index is -0.0158. The quantitative estimate of drug-likeness (QED) is 0.347. The van der Waals surface area contributed by atoms with E-state index in [9.17, 15) is 4.79 Å². The van der Waals surface area contributed by atoms with Gasteiger partial charge in [0, 0.05) is 6.42 Å². The van der Waals surface area contributed by atoms with Crippen LogP contribution in [0.1, 0.15) is 110 Å². The summed E-state index contributed by atoms with van der Waals surface area (Å²) in [6.45, 7) is 4.18. The first kappa shape index (κ1) is 19.8. The van der Waals surface area contributed by atoms with Crippen LogP contribution < -0.4 is 0 Å². The zero-order valence-electron chi connectivity index (χ0n) is 16.2. The molecule has 0 aromatic carbocycles. The van der Waals surface area contributed by atoms with E-state index in [1.807, 2.05) is 6.92 Å².